The molecule has 0 saturated heterocycles. The largest absolute Gasteiger partial charge is 0.389 e. The van der Waals surface area contributed by atoms with Crippen molar-refractivity contribution in [1.82, 2.24) is 10.2 Å². The fourth-order valence-corrected chi connectivity index (χ4v) is 2.85. The van der Waals surface area contributed by atoms with Crippen LogP contribution < -0.4 is 5.32 Å². The summed E-state index contributed by atoms with van der Waals surface area (Å²) in [5.74, 6) is 0.477. The Morgan fingerprint density at radius 2 is 1.85 bits per heavy atom. The van der Waals surface area contributed by atoms with Crippen molar-refractivity contribution in [3.8, 4) is 0 Å². The molecule has 2 atom stereocenters. The Bertz CT molecular complexity index is 372. The zero-order chi connectivity index (χ0) is 15.2. The Labute approximate surface area is 124 Å². The van der Waals surface area contributed by atoms with E-state index in [0.717, 1.165) is 13.1 Å². The molecular weight excluding hydrogens is 248 g/mol. The van der Waals surface area contributed by atoms with Gasteiger partial charge in [0.2, 0.25) is 0 Å². The zero-order valence-corrected chi connectivity index (χ0v) is 13.6. The average Bonchev–Trinajstić information content (AvgIpc) is 2.34. The summed E-state index contributed by atoms with van der Waals surface area (Å²) in [6.07, 6.45) is 0. The molecule has 0 saturated carbocycles. The molecular formula is C17H30N2O. The van der Waals surface area contributed by atoms with Crippen molar-refractivity contribution in [2.45, 2.75) is 39.3 Å². The van der Waals surface area contributed by atoms with Crippen LogP contribution in [0.5, 0.6) is 0 Å². The van der Waals surface area contributed by atoms with Crippen molar-refractivity contribution in [3.05, 3.63) is 35.9 Å². The smallest absolute Gasteiger partial charge is 0.0718 e. The molecule has 114 valence electrons. The molecule has 0 amide bonds. The first-order valence-corrected chi connectivity index (χ1v) is 7.52. The topological polar surface area (TPSA) is 35.5 Å². The quantitative estimate of drug-likeness (QED) is 0.767. The number of hydrogen-bond acceptors (Lipinski definition) is 3. The third kappa shape index (κ3) is 6.04. The lowest BCUT2D eigenvalue weighted by molar-refractivity contribution is 0.0391. The van der Waals surface area contributed by atoms with Crippen LogP contribution in [0.1, 0.15) is 39.3 Å². The summed E-state index contributed by atoms with van der Waals surface area (Å²) in [6.45, 7) is 10.7. The third-order valence-electron chi connectivity index (χ3n) is 3.41. The van der Waals surface area contributed by atoms with E-state index in [9.17, 15) is 5.11 Å². The molecule has 0 aliphatic heterocycles. The van der Waals surface area contributed by atoms with Gasteiger partial charge in [-0.2, -0.15) is 0 Å². The molecule has 0 fully saturated rings. The van der Waals surface area contributed by atoms with Crippen LogP contribution in [0, 0.1) is 5.92 Å². The fourth-order valence-electron chi connectivity index (χ4n) is 2.85. The summed E-state index contributed by atoms with van der Waals surface area (Å²) in [4.78, 5) is 2.21. The van der Waals surface area contributed by atoms with Gasteiger partial charge in [-0.25, -0.2) is 0 Å². The molecule has 0 radical (unpaired) electrons. The molecule has 2 unspecified atom stereocenters. The summed E-state index contributed by atoms with van der Waals surface area (Å²) in [7, 11) is 2.07. The lowest BCUT2D eigenvalue weighted by atomic mass is 9.93. The predicted octanol–water partition coefficient (Wildman–Crippen LogP) is 2.68. The highest BCUT2D eigenvalue weighted by molar-refractivity contribution is 5.19. The second-order valence-electron chi connectivity index (χ2n) is 6.43. The molecule has 20 heavy (non-hydrogen) atoms. The molecule has 1 rings (SSSR count). The molecule has 1 aromatic rings. The zero-order valence-electron chi connectivity index (χ0n) is 13.6. The number of hydrogen-bond donors (Lipinski definition) is 2. The van der Waals surface area contributed by atoms with Gasteiger partial charge in [0.15, 0.2) is 0 Å². The van der Waals surface area contributed by atoms with Gasteiger partial charge in [0, 0.05) is 19.1 Å². The Balaban J connectivity index is 2.68. The molecule has 2 N–H and O–H groups in total. The van der Waals surface area contributed by atoms with Crippen LogP contribution in [0.3, 0.4) is 0 Å². The minimum atomic E-state index is -0.644. The lowest BCUT2D eigenvalue weighted by Crippen LogP contribution is -2.40. The van der Waals surface area contributed by atoms with Gasteiger partial charge in [0.25, 0.3) is 0 Å². The molecule has 3 nitrogen and oxygen atoms in total. The number of nitrogens with zero attached hydrogens (tertiary/aromatic N) is 1. The average molecular weight is 278 g/mol. The summed E-state index contributed by atoms with van der Waals surface area (Å²) < 4.78 is 0. The van der Waals surface area contributed by atoms with Crippen LogP contribution in [-0.2, 0) is 0 Å². The minimum Gasteiger partial charge on any atom is -0.389 e. The maximum Gasteiger partial charge on any atom is 0.0718 e. The van der Waals surface area contributed by atoms with Crippen LogP contribution in [0.25, 0.3) is 0 Å². The van der Waals surface area contributed by atoms with Crippen molar-refractivity contribution >= 4 is 0 Å². The molecule has 0 spiro atoms. The first-order chi connectivity index (χ1) is 9.33. The van der Waals surface area contributed by atoms with Crippen LogP contribution in [0.2, 0.25) is 0 Å². The highest BCUT2D eigenvalue weighted by atomic mass is 16.3. The molecule has 0 aliphatic rings. The van der Waals surface area contributed by atoms with Crippen LogP contribution in [0.15, 0.2) is 30.3 Å². The van der Waals surface area contributed by atoms with E-state index >= 15 is 0 Å². The number of rotatable bonds is 8. The second-order valence-corrected chi connectivity index (χ2v) is 6.43. The van der Waals surface area contributed by atoms with E-state index in [2.05, 4.69) is 61.4 Å². The highest BCUT2D eigenvalue weighted by Gasteiger charge is 2.22. The van der Waals surface area contributed by atoms with E-state index in [4.69, 9.17) is 0 Å². The number of benzene rings is 1. The van der Waals surface area contributed by atoms with Crippen molar-refractivity contribution in [2.75, 3.05) is 26.7 Å². The monoisotopic (exact) mass is 278 g/mol. The van der Waals surface area contributed by atoms with Gasteiger partial charge < -0.3 is 15.3 Å². The van der Waals surface area contributed by atoms with Crippen LogP contribution in [0.4, 0.5) is 0 Å². The number of nitrogens with one attached hydrogen (secondary N) is 1. The summed E-state index contributed by atoms with van der Waals surface area (Å²) in [5, 5.41) is 13.5. The molecule has 1 aromatic carbocycles. The highest BCUT2D eigenvalue weighted by Crippen LogP contribution is 2.22. The Morgan fingerprint density at radius 3 is 2.35 bits per heavy atom. The van der Waals surface area contributed by atoms with Crippen molar-refractivity contribution in [2.24, 2.45) is 5.92 Å². The SMILES string of the molecule is CCNC(c1ccccc1)C(C)CN(C)CC(C)(C)O. The van der Waals surface area contributed by atoms with Gasteiger partial charge in [0.05, 0.1) is 5.60 Å². The normalized spacial score (nSPS) is 15.3. The molecule has 0 heterocycles. The predicted molar refractivity (Wildman–Crippen MR) is 85.8 cm³/mol. The van der Waals surface area contributed by atoms with Crippen LogP contribution >= 0.6 is 0 Å². The van der Waals surface area contributed by atoms with E-state index < -0.39 is 5.60 Å². The maximum atomic E-state index is 9.90. The maximum absolute atomic E-state index is 9.90. The number of aliphatic hydroxyl groups is 1. The Hall–Kier alpha value is -0.900. The molecule has 0 aliphatic carbocycles. The lowest BCUT2D eigenvalue weighted by Gasteiger charge is -2.32. The Kier molecular flexibility index (Phi) is 6.66. The van der Waals surface area contributed by atoms with E-state index in [-0.39, 0.29) is 0 Å². The number of likely N-dealkylation sites (N-methyl/N-ethyl adjacent to an activating group) is 1. The van der Waals surface area contributed by atoms with Gasteiger partial charge in [-0.3, -0.25) is 0 Å². The van der Waals surface area contributed by atoms with E-state index in [1.54, 1.807) is 0 Å². The van der Waals surface area contributed by atoms with Gasteiger partial charge in [-0.1, -0.05) is 44.2 Å². The van der Waals surface area contributed by atoms with Crippen LogP contribution in [-0.4, -0.2) is 42.3 Å². The van der Waals surface area contributed by atoms with Crippen molar-refractivity contribution in [3.63, 3.8) is 0 Å². The molecule has 0 bridgehead atoms. The first-order valence-electron chi connectivity index (χ1n) is 7.52. The standard InChI is InChI=1S/C17H30N2O/c1-6-18-16(15-10-8-7-9-11-15)14(2)12-19(5)13-17(3,4)20/h7-11,14,16,18,20H,6,12-13H2,1-5H3. The Morgan fingerprint density at radius 1 is 1.25 bits per heavy atom. The van der Waals surface area contributed by atoms with Crippen molar-refractivity contribution < 1.29 is 5.11 Å². The van der Waals surface area contributed by atoms with Gasteiger partial charge in [-0.05, 0) is 38.9 Å². The van der Waals surface area contributed by atoms with Gasteiger partial charge >= 0.3 is 0 Å². The van der Waals surface area contributed by atoms with E-state index in [0.29, 0.717) is 18.5 Å². The molecule has 0 aromatic heterocycles. The summed E-state index contributed by atoms with van der Waals surface area (Å²) in [6, 6.07) is 10.9. The van der Waals surface area contributed by atoms with Crippen molar-refractivity contribution in [1.29, 1.82) is 0 Å². The van der Waals surface area contributed by atoms with E-state index in [1.807, 2.05) is 13.8 Å². The first kappa shape index (κ1) is 17.2. The summed E-state index contributed by atoms with van der Waals surface area (Å²) in [5.41, 5.74) is 0.688. The molecule has 3 heteroatoms. The van der Waals surface area contributed by atoms with Gasteiger partial charge in [-0.15, -0.1) is 0 Å². The second kappa shape index (κ2) is 7.77. The van der Waals surface area contributed by atoms with E-state index in [1.165, 1.54) is 5.56 Å². The third-order valence-corrected chi connectivity index (χ3v) is 3.41. The minimum absolute atomic E-state index is 0.352. The summed E-state index contributed by atoms with van der Waals surface area (Å²) >= 11 is 0. The fraction of sp³-hybridized carbons (Fsp3) is 0.647. The van der Waals surface area contributed by atoms with Gasteiger partial charge in [0.1, 0.15) is 0 Å².